The molecule has 0 unspecified atom stereocenters. The van der Waals surface area contributed by atoms with Crippen LogP contribution < -0.4 is 10.5 Å². The van der Waals surface area contributed by atoms with Gasteiger partial charge in [0.05, 0.1) is 11.4 Å². The fourth-order valence-corrected chi connectivity index (χ4v) is 4.87. The highest BCUT2D eigenvalue weighted by molar-refractivity contribution is 8.00. The Balaban J connectivity index is 1.77. The third-order valence-electron chi connectivity index (χ3n) is 3.68. The lowest BCUT2D eigenvalue weighted by atomic mass is 10.0. The summed E-state index contributed by atoms with van der Waals surface area (Å²) >= 11 is 1.42. The van der Waals surface area contributed by atoms with E-state index in [2.05, 4.69) is 4.72 Å². The van der Waals surface area contributed by atoms with Crippen LogP contribution in [0, 0.1) is 0 Å². The van der Waals surface area contributed by atoms with Crippen molar-refractivity contribution in [1.82, 2.24) is 4.72 Å². The van der Waals surface area contributed by atoms with Crippen LogP contribution in [-0.2, 0) is 10.0 Å². The van der Waals surface area contributed by atoms with Crippen LogP contribution in [0.3, 0.4) is 0 Å². The molecule has 2 rings (SSSR count). The fraction of sp³-hybridized carbons (Fsp3) is 0.571. The van der Waals surface area contributed by atoms with Crippen molar-refractivity contribution in [3.8, 4) is 0 Å². The summed E-state index contributed by atoms with van der Waals surface area (Å²) in [6, 6.07) is 7.40. The monoisotopic (exact) mass is 330 g/mol. The minimum Gasteiger partial charge on any atom is -0.398 e. The van der Waals surface area contributed by atoms with Crippen LogP contribution in [0.5, 0.6) is 0 Å². The zero-order valence-corrected chi connectivity index (χ0v) is 13.5. The van der Waals surface area contributed by atoms with Crippen molar-refractivity contribution >= 4 is 27.5 Å². The number of anilines is 1. The summed E-state index contributed by atoms with van der Waals surface area (Å²) in [6.07, 6.45) is 3.26. The van der Waals surface area contributed by atoms with E-state index in [1.54, 1.807) is 6.07 Å². The first-order valence-electron chi connectivity index (χ1n) is 7.07. The van der Waals surface area contributed by atoms with E-state index >= 15 is 0 Å². The number of benzene rings is 1. The van der Waals surface area contributed by atoms with Gasteiger partial charge >= 0.3 is 0 Å². The molecule has 21 heavy (non-hydrogen) atoms. The molecule has 0 amide bonds. The normalized spacial score (nSPS) is 18.0. The highest BCUT2D eigenvalue weighted by Crippen LogP contribution is 2.29. The first kappa shape index (κ1) is 16.6. The minimum absolute atomic E-state index is 0.0160. The third-order valence-corrected chi connectivity index (χ3v) is 6.36. The van der Waals surface area contributed by atoms with Gasteiger partial charge in [-0.2, -0.15) is 0 Å². The van der Waals surface area contributed by atoms with Crippen molar-refractivity contribution in [1.29, 1.82) is 0 Å². The fourth-order valence-electron chi connectivity index (χ4n) is 2.40. The Hall–Kier alpha value is -0.760. The average Bonchev–Trinajstić information content (AvgIpc) is 2.87. The molecule has 0 bridgehead atoms. The van der Waals surface area contributed by atoms with E-state index in [9.17, 15) is 13.5 Å². The molecule has 1 saturated carbocycles. The zero-order valence-electron chi connectivity index (χ0n) is 11.9. The van der Waals surface area contributed by atoms with E-state index in [-0.39, 0.29) is 12.3 Å². The van der Waals surface area contributed by atoms with Crippen LogP contribution in [0.15, 0.2) is 29.2 Å². The quantitative estimate of drug-likeness (QED) is 0.521. The van der Waals surface area contributed by atoms with Gasteiger partial charge in [0.1, 0.15) is 0 Å². The van der Waals surface area contributed by atoms with E-state index in [1.807, 2.05) is 18.2 Å². The Morgan fingerprint density at radius 3 is 2.62 bits per heavy atom. The standard InChI is InChI=1S/C14H22N2O3S2/c15-12-5-1-2-6-13(12)20-9-10-21(18,19)16-11-14(17)7-3-4-8-14/h1-2,5-6,16-17H,3-4,7-11,15H2. The van der Waals surface area contributed by atoms with Gasteiger partial charge in [-0.25, -0.2) is 13.1 Å². The van der Waals surface area contributed by atoms with E-state index in [4.69, 9.17) is 5.73 Å². The molecule has 0 radical (unpaired) electrons. The highest BCUT2D eigenvalue weighted by Gasteiger charge is 2.32. The Morgan fingerprint density at radius 2 is 1.95 bits per heavy atom. The van der Waals surface area contributed by atoms with Gasteiger partial charge in [0.2, 0.25) is 10.0 Å². The van der Waals surface area contributed by atoms with Crippen molar-refractivity contribution in [2.24, 2.45) is 0 Å². The van der Waals surface area contributed by atoms with Gasteiger partial charge in [-0.15, -0.1) is 11.8 Å². The number of hydrogen-bond donors (Lipinski definition) is 3. The van der Waals surface area contributed by atoms with Crippen LogP contribution >= 0.6 is 11.8 Å². The molecule has 0 saturated heterocycles. The van der Waals surface area contributed by atoms with Gasteiger partial charge in [-0.3, -0.25) is 0 Å². The first-order valence-corrected chi connectivity index (χ1v) is 9.71. The molecule has 7 heteroatoms. The lowest BCUT2D eigenvalue weighted by molar-refractivity contribution is 0.0532. The molecule has 1 aromatic rings. The number of para-hydroxylation sites is 1. The summed E-state index contributed by atoms with van der Waals surface area (Å²) in [6.45, 7) is 0.119. The van der Waals surface area contributed by atoms with Gasteiger partial charge in [-0.05, 0) is 25.0 Å². The summed E-state index contributed by atoms with van der Waals surface area (Å²) < 4.78 is 26.4. The summed E-state index contributed by atoms with van der Waals surface area (Å²) in [5.41, 5.74) is 5.61. The molecule has 5 nitrogen and oxygen atoms in total. The van der Waals surface area contributed by atoms with Crippen LogP contribution in [0.4, 0.5) is 5.69 Å². The second-order valence-corrected chi connectivity index (χ2v) is 8.52. The number of nitrogens with two attached hydrogens (primary N) is 1. The molecule has 118 valence electrons. The highest BCUT2D eigenvalue weighted by atomic mass is 32.2. The van der Waals surface area contributed by atoms with Crippen molar-refractivity contribution in [3.63, 3.8) is 0 Å². The maximum Gasteiger partial charge on any atom is 0.212 e. The topological polar surface area (TPSA) is 92.4 Å². The number of aliphatic hydroxyl groups is 1. The van der Waals surface area contributed by atoms with Gasteiger partial charge < -0.3 is 10.8 Å². The lowest BCUT2D eigenvalue weighted by Crippen LogP contribution is -2.41. The largest absolute Gasteiger partial charge is 0.398 e. The van der Waals surface area contributed by atoms with E-state index < -0.39 is 15.6 Å². The van der Waals surface area contributed by atoms with Crippen molar-refractivity contribution in [2.45, 2.75) is 36.2 Å². The smallest absolute Gasteiger partial charge is 0.212 e. The molecule has 1 aliphatic carbocycles. The minimum atomic E-state index is -3.36. The molecule has 4 N–H and O–H groups in total. The van der Waals surface area contributed by atoms with Gasteiger partial charge in [-0.1, -0.05) is 25.0 Å². The van der Waals surface area contributed by atoms with Crippen LogP contribution in [0.1, 0.15) is 25.7 Å². The zero-order chi connectivity index (χ0) is 15.3. The summed E-state index contributed by atoms with van der Waals surface area (Å²) in [5.74, 6) is 0.448. The number of nitrogens with one attached hydrogen (secondary N) is 1. The van der Waals surface area contributed by atoms with E-state index in [1.165, 1.54) is 11.8 Å². The molecular weight excluding hydrogens is 308 g/mol. The maximum absolute atomic E-state index is 11.9. The number of rotatable bonds is 7. The number of thioether (sulfide) groups is 1. The molecule has 1 aliphatic rings. The SMILES string of the molecule is Nc1ccccc1SCCS(=O)(=O)NCC1(O)CCCC1. The Bertz CT molecular complexity index is 569. The molecule has 1 fully saturated rings. The van der Waals surface area contributed by atoms with Gasteiger partial charge in [0.15, 0.2) is 0 Å². The number of nitrogen functional groups attached to an aromatic ring is 1. The Labute approximate surface area is 130 Å². The van der Waals surface area contributed by atoms with E-state index in [0.717, 1.165) is 17.7 Å². The third kappa shape index (κ3) is 5.18. The van der Waals surface area contributed by atoms with Gasteiger partial charge in [0, 0.05) is 22.9 Å². The molecular formula is C14H22N2O3S2. The summed E-state index contributed by atoms with van der Waals surface area (Å²) in [5, 5.41) is 10.1. The molecule has 0 aliphatic heterocycles. The van der Waals surface area contributed by atoms with Crippen molar-refractivity contribution in [2.75, 3.05) is 23.8 Å². The summed E-state index contributed by atoms with van der Waals surface area (Å²) in [7, 11) is -3.36. The summed E-state index contributed by atoms with van der Waals surface area (Å²) in [4.78, 5) is 0.891. The van der Waals surface area contributed by atoms with Crippen LogP contribution in [-0.4, -0.2) is 37.2 Å². The Morgan fingerprint density at radius 1 is 1.29 bits per heavy atom. The second-order valence-electron chi connectivity index (χ2n) is 5.46. The maximum atomic E-state index is 11.9. The first-order chi connectivity index (χ1) is 9.90. The number of hydrogen-bond acceptors (Lipinski definition) is 5. The van der Waals surface area contributed by atoms with Crippen LogP contribution in [0.25, 0.3) is 0 Å². The Kier molecular flexibility index (Phi) is 5.54. The number of sulfonamides is 1. The predicted octanol–water partition coefficient (Wildman–Crippen LogP) is 1.59. The van der Waals surface area contributed by atoms with Crippen molar-refractivity contribution < 1.29 is 13.5 Å². The lowest BCUT2D eigenvalue weighted by Gasteiger charge is -2.22. The van der Waals surface area contributed by atoms with Gasteiger partial charge in [0.25, 0.3) is 0 Å². The average molecular weight is 330 g/mol. The van der Waals surface area contributed by atoms with Crippen molar-refractivity contribution in [3.05, 3.63) is 24.3 Å². The molecule has 0 atom stereocenters. The van der Waals surface area contributed by atoms with Crippen LogP contribution in [0.2, 0.25) is 0 Å². The molecule has 0 heterocycles. The second kappa shape index (κ2) is 7.00. The molecule has 1 aromatic carbocycles. The molecule has 0 spiro atoms. The molecule has 0 aromatic heterocycles. The predicted molar refractivity (Wildman–Crippen MR) is 86.8 cm³/mol. The van der Waals surface area contributed by atoms with E-state index in [0.29, 0.717) is 24.3 Å².